The van der Waals surface area contributed by atoms with Gasteiger partial charge in [0, 0.05) is 13.0 Å². The van der Waals surface area contributed by atoms with Gasteiger partial charge in [0.25, 0.3) is 0 Å². The minimum Gasteiger partial charge on any atom is -0.374 e. The molecule has 19 heavy (non-hydrogen) atoms. The van der Waals surface area contributed by atoms with E-state index in [0.717, 1.165) is 5.00 Å². The molecule has 1 fully saturated rings. The van der Waals surface area contributed by atoms with Crippen molar-refractivity contribution in [3.05, 3.63) is 34.5 Å². The Kier molecular flexibility index (Phi) is 2.24. The summed E-state index contributed by atoms with van der Waals surface area (Å²) in [4.78, 5) is 18.9. The highest BCUT2D eigenvalue weighted by Crippen LogP contribution is 2.42. The largest absolute Gasteiger partial charge is 0.374 e. The number of carbonyl (C=O) groups is 1. The molecule has 4 heterocycles. The Morgan fingerprint density at radius 3 is 3.00 bits per heavy atom. The second-order valence-electron chi connectivity index (χ2n) is 4.62. The van der Waals surface area contributed by atoms with Gasteiger partial charge in [-0.25, -0.2) is 4.99 Å². The van der Waals surface area contributed by atoms with Gasteiger partial charge in [-0.2, -0.15) is 0 Å². The summed E-state index contributed by atoms with van der Waals surface area (Å²) in [7, 11) is 0. The average Bonchev–Trinajstić information content (AvgIpc) is 3.09. The highest BCUT2D eigenvalue weighted by Gasteiger charge is 2.52. The Hall–Kier alpha value is -1.50. The monoisotopic (exact) mass is 290 g/mol. The lowest BCUT2D eigenvalue weighted by Gasteiger charge is -2.27. The van der Waals surface area contributed by atoms with Crippen molar-refractivity contribution in [3.63, 3.8) is 0 Å². The topological polar surface area (TPSA) is 52.9 Å². The van der Waals surface area contributed by atoms with Crippen LogP contribution in [0.1, 0.15) is 16.8 Å². The van der Waals surface area contributed by atoms with E-state index in [1.54, 1.807) is 17.4 Å². The molecule has 0 spiro atoms. The van der Waals surface area contributed by atoms with Crippen LogP contribution in [0.2, 0.25) is 0 Å². The van der Waals surface area contributed by atoms with Crippen molar-refractivity contribution in [2.75, 3.05) is 11.4 Å². The van der Waals surface area contributed by atoms with Crippen molar-refractivity contribution in [2.45, 2.75) is 12.0 Å². The van der Waals surface area contributed by atoms with Crippen molar-refractivity contribution >= 4 is 44.3 Å². The summed E-state index contributed by atoms with van der Waals surface area (Å²) in [5.74, 6) is 0.266. The molecule has 1 unspecified atom stereocenters. The number of Topliss-reactive ketones (excluding diaryl/α,β-unsaturated/α-hetero) is 1. The minimum absolute atomic E-state index is 0.215. The third-order valence-corrected chi connectivity index (χ3v) is 5.27. The van der Waals surface area contributed by atoms with Gasteiger partial charge >= 0.3 is 0 Å². The number of anilines is 1. The maximum atomic E-state index is 12.4. The van der Waals surface area contributed by atoms with Crippen LogP contribution in [0, 0.1) is 0 Å². The Labute approximate surface area is 117 Å². The van der Waals surface area contributed by atoms with E-state index in [2.05, 4.69) is 4.99 Å². The average molecular weight is 290 g/mol. The molecular formula is C13H10N2O2S2. The molecule has 0 bridgehead atoms. The van der Waals surface area contributed by atoms with E-state index in [1.807, 2.05) is 27.8 Å². The van der Waals surface area contributed by atoms with E-state index in [0.29, 0.717) is 29.4 Å². The van der Waals surface area contributed by atoms with Crippen LogP contribution in [0.25, 0.3) is 0 Å². The van der Waals surface area contributed by atoms with Crippen LogP contribution in [0.5, 0.6) is 0 Å². The number of rotatable bonds is 1. The highest BCUT2D eigenvalue weighted by atomic mass is 32.1. The van der Waals surface area contributed by atoms with E-state index in [-0.39, 0.29) is 5.78 Å². The van der Waals surface area contributed by atoms with Crippen molar-refractivity contribution < 1.29 is 9.90 Å². The fourth-order valence-corrected chi connectivity index (χ4v) is 4.12. The first-order valence-electron chi connectivity index (χ1n) is 5.95. The van der Waals surface area contributed by atoms with Crippen molar-refractivity contribution in [1.29, 1.82) is 0 Å². The van der Waals surface area contributed by atoms with Gasteiger partial charge < -0.3 is 10.0 Å². The summed E-state index contributed by atoms with van der Waals surface area (Å²) in [6, 6.07) is 5.68. The van der Waals surface area contributed by atoms with Gasteiger partial charge in [-0.3, -0.25) is 4.79 Å². The maximum Gasteiger partial charge on any atom is 0.205 e. The molecule has 6 heteroatoms. The van der Waals surface area contributed by atoms with E-state index in [1.165, 1.54) is 11.3 Å². The van der Waals surface area contributed by atoms with Crippen LogP contribution in [0.3, 0.4) is 0 Å². The van der Waals surface area contributed by atoms with Crippen LogP contribution in [-0.2, 0) is 0 Å². The number of hydrogen-bond donors (Lipinski definition) is 1. The number of thiophene rings is 2. The van der Waals surface area contributed by atoms with Crippen LogP contribution in [0.15, 0.2) is 34.0 Å². The lowest BCUT2D eigenvalue weighted by Crippen LogP contribution is -2.48. The zero-order valence-corrected chi connectivity index (χ0v) is 11.5. The summed E-state index contributed by atoms with van der Waals surface area (Å²) in [5, 5.41) is 16.2. The number of carbonyl (C=O) groups excluding carboxylic acids is 1. The van der Waals surface area contributed by atoms with Crippen molar-refractivity contribution in [1.82, 2.24) is 0 Å². The molecule has 0 radical (unpaired) electrons. The normalized spacial score (nSPS) is 25.2. The number of fused-ring (bicyclic) bond motifs is 2. The van der Waals surface area contributed by atoms with Gasteiger partial charge in [0.2, 0.25) is 5.78 Å². The Morgan fingerprint density at radius 2 is 2.21 bits per heavy atom. The smallest absolute Gasteiger partial charge is 0.205 e. The number of hydrogen-bond acceptors (Lipinski definition) is 6. The first kappa shape index (κ1) is 11.3. The van der Waals surface area contributed by atoms with Gasteiger partial charge in [-0.1, -0.05) is 0 Å². The molecule has 0 saturated carbocycles. The van der Waals surface area contributed by atoms with Crippen LogP contribution < -0.4 is 4.90 Å². The zero-order valence-electron chi connectivity index (χ0n) is 9.87. The standard InChI is InChI=1S/C13H10N2O2S2/c16-10-8-3-7-19-11(8)14-12-13(10,17)4-5-15(12)9-2-1-6-18-9/h1-3,6-7,17H,4-5H2. The molecule has 96 valence electrons. The van der Waals surface area contributed by atoms with Crippen LogP contribution in [0.4, 0.5) is 10.0 Å². The molecule has 0 amide bonds. The van der Waals surface area contributed by atoms with Crippen molar-refractivity contribution in [3.8, 4) is 0 Å². The van der Waals surface area contributed by atoms with Gasteiger partial charge in [0.05, 0.1) is 10.6 Å². The summed E-state index contributed by atoms with van der Waals surface area (Å²) in [5.41, 5.74) is -0.901. The fraction of sp³-hybridized carbons (Fsp3) is 0.231. The van der Waals surface area contributed by atoms with E-state index in [4.69, 9.17) is 0 Å². The number of nitrogens with zero attached hydrogens (tertiary/aromatic N) is 2. The molecular weight excluding hydrogens is 280 g/mol. The maximum absolute atomic E-state index is 12.4. The molecule has 0 aliphatic carbocycles. The highest BCUT2D eigenvalue weighted by molar-refractivity contribution is 7.15. The third kappa shape index (κ3) is 1.42. The Morgan fingerprint density at radius 1 is 1.32 bits per heavy atom. The Balaban J connectivity index is 1.89. The molecule has 1 saturated heterocycles. The first-order chi connectivity index (χ1) is 9.20. The van der Waals surface area contributed by atoms with Crippen molar-refractivity contribution in [2.24, 2.45) is 4.99 Å². The molecule has 4 nitrogen and oxygen atoms in total. The molecule has 0 aromatic carbocycles. The second kappa shape index (κ2) is 3.75. The predicted octanol–water partition coefficient (Wildman–Crippen LogP) is 2.68. The summed E-state index contributed by atoms with van der Waals surface area (Å²) < 4.78 is 0. The third-order valence-electron chi connectivity index (χ3n) is 3.57. The van der Waals surface area contributed by atoms with Crippen LogP contribution >= 0.6 is 22.7 Å². The Bertz CT molecular complexity index is 689. The molecule has 4 rings (SSSR count). The lowest BCUT2D eigenvalue weighted by atomic mass is 9.90. The lowest BCUT2D eigenvalue weighted by molar-refractivity contribution is 0.0603. The van der Waals surface area contributed by atoms with Crippen LogP contribution in [-0.4, -0.2) is 28.9 Å². The number of aliphatic hydroxyl groups is 1. The molecule has 1 atom stereocenters. The quantitative estimate of drug-likeness (QED) is 0.878. The van der Waals surface area contributed by atoms with Gasteiger partial charge in [-0.15, -0.1) is 22.7 Å². The number of amidine groups is 1. The summed E-state index contributed by atoms with van der Waals surface area (Å²) in [6.07, 6.45) is 0.401. The fourth-order valence-electron chi connectivity index (χ4n) is 2.60. The van der Waals surface area contributed by atoms with Gasteiger partial charge in [0.15, 0.2) is 11.4 Å². The summed E-state index contributed by atoms with van der Waals surface area (Å²) in [6.45, 7) is 0.622. The SMILES string of the molecule is O=C1c2ccsc2N=C2N(c3cccs3)CCC12O. The zero-order chi connectivity index (χ0) is 13.0. The summed E-state index contributed by atoms with van der Waals surface area (Å²) >= 11 is 3.02. The van der Waals surface area contributed by atoms with E-state index >= 15 is 0 Å². The number of ketones is 1. The van der Waals surface area contributed by atoms with Gasteiger partial charge in [0.1, 0.15) is 5.00 Å². The molecule has 2 aliphatic heterocycles. The molecule has 1 N–H and O–H groups in total. The first-order valence-corrected chi connectivity index (χ1v) is 7.71. The second-order valence-corrected chi connectivity index (χ2v) is 6.44. The predicted molar refractivity (Wildman–Crippen MR) is 77.0 cm³/mol. The molecule has 2 aliphatic rings. The van der Waals surface area contributed by atoms with E-state index < -0.39 is 5.60 Å². The molecule has 2 aromatic rings. The minimum atomic E-state index is -1.45. The van der Waals surface area contributed by atoms with Gasteiger partial charge in [-0.05, 0) is 29.0 Å². The number of aliphatic imine (C=N–C) groups is 1. The van der Waals surface area contributed by atoms with E-state index in [9.17, 15) is 9.90 Å². The molecule has 2 aromatic heterocycles.